The van der Waals surface area contributed by atoms with E-state index in [-0.39, 0.29) is 11.6 Å². The monoisotopic (exact) mass is 256 g/mol. The second-order valence-electron chi connectivity index (χ2n) is 3.32. The minimum atomic E-state index is -0.524. The Labute approximate surface area is 102 Å². The fourth-order valence-electron chi connectivity index (χ4n) is 1.20. The Balaban J connectivity index is 1.99. The Bertz CT molecular complexity index is 516. The van der Waals surface area contributed by atoms with Gasteiger partial charge in [0, 0.05) is 12.5 Å². The summed E-state index contributed by atoms with van der Waals surface area (Å²) in [5, 5.41) is 3.78. The molecule has 6 heteroatoms. The molecule has 1 aromatic heterocycles. The van der Waals surface area contributed by atoms with Crippen LogP contribution in [0.5, 0.6) is 5.75 Å². The maximum Gasteiger partial charge on any atom is 0.264 e. The van der Waals surface area contributed by atoms with E-state index in [1.807, 2.05) is 6.92 Å². The molecule has 2 aromatic rings. The van der Waals surface area contributed by atoms with Crippen LogP contribution in [0.15, 0.2) is 22.7 Å². The van der Waals surface area contributed by atoms with Gasteiger partial charge in [0.2, 0.25) is 0 Å². The second-order valence-corrected chi connectivity index (χ2v) is 3.73. The summed E-state index contributed by atoms with van der Waals surface area (Å²) in [4.78, 5) is 4.06. The van der Waals surface area contributed by atoms with Crippen molar-refractivity contribution in [2.45, 2.75) is 20.0 Å². The van der Waals surface area contributed by atoms with E-state index in [9.17, 15) is 4.39 Å². The molecule has 0 amide bonds. The molecule has 0 aliphatic heterocycles. The molecule has 0 radical (unpaired) electrons. The highest BCUT2D eigenvalue weighted by Crippen LogP contribution is 2.20. The molecule has 2 rings (SSSR count). The largest absolute Gasteiger partial charge is 0.484 e. The summed E-state index contributed by atoms with van der Waals surface area (Å²) in [6, 6.07) is 4.21. The summed E-state index contributed by atoms with van der Waals surface area (Å²) in [5.74, 6) is 0.815. The summed E-state index contributed by atoms with van der Waals surface area (Å²) in [7, 11) is 0. The van der Waals surface area contributed by atoms with E-state index in [1.165, 1.54) is 12.1 Å². The Morgan fingerprint density at radius 2 is 2.29 bits per heavy atom. The van der Waals surface area contributed by atoms with Gasteiger partial charge in [-0.05, 0) is 12.1 Å². The zero-order chi connectivity index (χ0) is 12.3. The van der Waals surface area contributed by atoms with Crippen LogP contribution in [0, 0.1) is 5.82 Å². The van der Waals surface area contributed by atoms with Crippen molar-refractivity contribution < 1.29 is 13.7 Å². The Hall–Kier alpha value is -1.62. The fourth-order valence-corrected chi connectivity index (χ4v) is 1.32. The zero-order valence-electron chi connectivity index (χ0n) is 9.11. The van der Waals surface area contributed by atoms with Crippen molar-refractivity contribution in [1.82, 2.24) is 10.1 Å². The van der Waals surface area contributed by atoms with Gasteiger partial charge in [0.25, 0.3) is 5.89 Å². The number of aryl methyl sites for hydroxylation is 1. The fraction of sp³-hybridized carbons (Fsp3) is 0.273. The molecule has 0 bridgehead atoms. The van der Waals surface area contributed by atoms with Crippen molar-refractivity contribution in [2.75, 3.05) is 0 Å². The van der Waals surface area contributed by atoms with Crippen LogP contribution in [0.4, 0.5) is 4.39 Å². The van der Waals surface area contributed by atoms with Crippen LogP contribution in [-0.4, -0.2) is 10.1 Å². The first kappa shape index (κ1) is 11.9. The maximum absolute atomic E-state index is 13.1. The third-order valence-corrected chi connectivity index (χ3v) is 2.39. The van der Waals surface area contributed by atoms with Crippen LogP contribution >= 0.6 is 11.6 Å². The first-order chi connectivity index (χ1) is 8.19. The molecule has 0 N–H and O–H groups in total. The van der Waals surface area contributed by atoms with Gasteiger partial charge in [0.1, 0.15) is 11.6 Å². The van der Waals surface area contributed by atoms with Crippen molar-refractivity contribution in [2.24, 2.45) is 0 Å². The van der Waals surface area contributed by atoms with Gasteiger partial charge in [-0.15, -0.1) is 0 Å². The summed E-state index contributed by atoms with van der Waals surface area (Å²) >= 11 is 5.55. The van der Waals surface area contributed by atoms with Gasteiger partial charge < -0.3 is 9.26 Å². The molecule has 0 atom stereocenters. The Morgan fingerprint density at radius 1 is 1.47 bits per heavy atom. The number of benzene rings is 1. The first-order valence-electron chi connectivity index (χ1n) is 5.08. The molecule has 0 saturated carbocycles. The van der Waals surface area contributed by atoms with E-state index in [2.05, 4.69) is 10.1 Å². The quantitative estimate of drug-likeness (QED) is 0.844. The molecule has 17 heavy (non-hydrogen) atoms. The molecular formula is C11H10ClFN2O2. The Kier molecular flexibility index (Phi) is 3.58. The molecule has 1 aromatic carbocycles. The van der Waals surface area contributed by atoms with Gasteiger partial charge in [-0.3, -0.25) is 0 Å². The molecule has 90 valence electrons. The van der Waals surface area contributed by atoms with E-state index in [4.69, 9.17) is 20.9 Å². The lowest BCUT2D eigenvalue weighted by Gasteiger charge is -2.03. The third-order valence-electron chi connectivity index (χ3n) is 2.08. The predicted molar refractivity (Wildman–Crippen MR) is 59.4 cm³/mol. The Morgan fingerprint density at radius 3 is 2.94 bits per heavy atom. The molecule has 0 aliphatic rings. The lowest BCUT2D eigenvalue weighted by atomic mass is 10.3. The minimum absolute atomic E-state index is 0.0587. The van der Waals surface area contributed by atoms with Gasteiger partial charge >= 0.3 is 0 Å². The van der Waals surface area contributed by atoms with Gasteiger partial charge in [0.15, 0.2) is 12.4 Å². The normalized spacial score (nSPS) is 10.5. The molecule has 0 spiro atoms. The SMILES string of the molecule is CCc1noc(COc2ccc(Cl)c(F)c2)n1. The zero-order valence-corrected chi connectivity index (χ0v) is 9.87. The van der Waals surface area contributed by atoms with Gasteiger partial charge in [0.05, 0.1) is 5.02 Å². The van der Waals surface area contributed by atoms with E-state index in [0.717, 1.165) is 0 Å². The summed E-state index contributed by atoms with van der Waals surface area (Å²) in [5.41, 5.74) is 0. The molecule has 4 nitrogen and oxygen atoms in total. The van der Waals surface area contributed by atoms with Crippen LogP contribution in [0.2, 0.25) is 5.02 Å². The highest BCUT2D eigenvalue weighted by Gasteiger charge is 2.06. The molecule has 0 saturated heterocycles. The van der Waals surface area contributed by atoms with Crippen LogP contribution in [0.1, 0.15) is 18.6 Å². The van der Waals surface area contributed by atoms with Crippen LogP contribution in [0.3, 0.4) is 0 Å². The van der Waals surface area contributed by atoms with E-state index in [0.29, 0.717) is 23.9 Å². The van der Waals surface area contributed by atoms with E-state index < -0.39 is 5.82 Å². The number of ether oxygens (including phenoxy) is 1. The van der Waals surface area contributed by atoms with Gasteiger partial charge in [-0.25, -0.2) is 4.39 Å². The number of nitrogens with zero attached hydrogens (tertiary/aromatic N) is 2. The van der Waals surface area contributed by atoms with E-state index >= 15 is 0 Å². The minimum Gasteiger partial charge on any atom is -0.484 e. The lowest BCUT2D eigenvalue weighted by molar-refractivity contribution is 0.241. The molecule has 0 aliphatic carbocycles. The third kappa shape index (κ3) is 2.94. The van der Waals surface area contributed by atoms with E-state index in [1.54, 1.807) is 6.07 Å². The van der Waals surface area contributed by atoms with Crippen molar-refractivity contribution in [1.29, 1.82) is 0 Å². The van der Waals surface area contributed by atoms with Crippen LogP contribution < -0.4 is 4.74 Å². The van der Waals surface area contributed by atoms with Crippen molar-refractivity contribution in [3.8, 4) is 5.75 Å². The average Bonchev–Trinajstić information content (AvgIpc) is 2.79. The number of rotatable bonds is 4. The molecular weight excluding hydrogens is 247 g/mol. The molecule has 0 fully saturated rings. The second kappa shape index (κ2) is 5.14. The molecule has 0 unspecified atom stereocenters. The highest BCUT2D eigenvalue weighted by molar-refractivity contribution is 6.30. The molecule has 1 heterocycles. The number of hydrogen-bond donors (Lipinski definition) is 0. The number of hydrogen-bond acceptors (Lipinski definition) is 4. The predicted octanol–water partition coefficient (Wildman–Crippen LogP) is 3.00. The van der Waals surface area contributed by atoms with Gasteiger partial charge in [-0.1, -0.05) is 23.7 Å². The lowest BCUT2D eigenvalue weighted by Crippen LogP contribution is -1.96. The van der Waals surface area contributed by atoms with Gasteiger partial charge in [-0.2, -0.15) is 4.98 Å². The van der Waals surface area contributed by atoms with Crippen molar-refractivity contribution in [3.63, 3.8) is 0 Å². The summed E-state index contributed by atoms with van der Waals surface area (Å²) in [6.07, 6.45) is 0.694. The summed E-state index contributed by atoms with van der Waals surface area (Å²) < 4.78 is 23.3. The van der Waals surface area contributed by atoms with Crippen molar-refractivity contribution >= 4 is 11.6 Å². The smallest absolute Gasteiger partial charge is 0.264 e. The maximum atomic E-state index is 13.1. The first-order valence-corrected chi connectivity index (χ1v) is 5.46. The average molecular weight is 257 g/mol. The van der Waals surface area contributed by atoms with Crippen molar-refractivity contribution in [3.05, 3.63) is 40.8 Å². The summed E-state index contributed by atoms with van der Waals surface area (Å²) in [6.45, 7) is 2.03. The van der Waals surface area contributed by atoms with Crippen LogP contribution in [0.25, 0.3) is 0 Å². The standard InChI is InChI=1S/C11H10ClFN2O2/c1-2-10-14-11(17-15-10)6-16-7-3-4-8(12)9(13)5-7/h3-5H,2,6H2,1H3. The highest BCUT2D eigenvalue weighted by atomic mass is 35.5. The number of aromatic nitrogens is 2. The van der Waals surface area contributed by atoms with Crippen LogP contribution in [-0.2, 0) is 13.0 Å². The number of halogens is 2. The topological polar surface area (TPSA) is 48.2 Å².